The standard InChI is InChI=1S/C61H57N4O10/c1-6-51(66)71-33-32-63-57(68)73-48-29-25-39-17-9-13-21-44(39)53(48)54-45-22-14-10-18-40(45)26-30-49(54)74-58(69)64-37-61(5)35-42(34-60(3,4)36-61)65-59(70)75-50-31-27-41-19-11-15-23-46(41)55(50)52-43-20-12-8-16-38(43)24-28-47(52)72-56(67)62-7-2/h6,8-31,42H,1-2,7,32-37H2,3-5H3,(H,62,67)(H,63,68)(H,64,69)(H,65,70). The van der Waals surface area contributed by atoms with Crippen LogP contribution in [0.25, 0.3) is 65.3 Å². The zero-order valence-electron chi connectivity index (χ0n) is 42.0. The summed E-state index contributed by atoms with van der Waals surface area (Å²) in [5, 5.41) is 18.0. The lowest BCUT2D eigenvalue weighted by molar-refractivity contribution is -0.137. The molecule has 2 atom stereocenters. The Morgan fingerprint density at radius 3 is 1.32 bits per heavy atom. The molecule has 8 aromatic rings. The third kappa shape index (κ3) is 11.7. The average molecular weight is 1010 g/mol. The van der Waals surface area contributed by atoms with Crippen molar-refractivity contribution in [2.45, 2.75) is 46.1 Å². The first-order valence-corrected chi connectivity index (χ1v) is 24.7. The van der Waals surface area contributed by atoms with Crippen molar-refractivity contribution in [1.82, 2.24) is 21.3 Å². The van der Waals surface area contributed by atoms with Gasteiger partial charge < -0.3 is 45.0 Å². The summed E-state index contributed by atoms with van der Waals surface area (Å²) < 4.78 is 29.3. The maximum Gasteiger partial charge on any atom is 0.412 e. The molecular formula is C61H57N4O10. The van der Waals surface area contributed by atoms with E-state index in [-0.39, 0.29) is 60.7 Å². The minimum Gasteiger partial charge on any atom is -0.461 e. The topological polar surface area (TPSA) is 180 Å². The van der Waals surface area contributed by atoms with Crippen LogP contribution in [0.5, 0.6) is 23.0 Å². The fourth-order valence-electron chi connectivity index (χ4n) is 10.7. The summed E-state index contributed by atoms with van der Waals surface area (Å²) in [6.45, 7) is 13.7. The predicted molar refractivity (Wildman–Crippen MR) is 291 cm³/mol. The summed E-state index contributed by atoms with van der Waals surface area (Å²) in [7, 11) is 0. The van der Waals surface area contributed by atoms with Crippen LogP contribution in [0.1, 0.15) is 40.0 Å². The van der Waals surface area contributed by atoms with Gasteiger partial charge in [0.15, 0.2) is 0 Å². The van der Waals surface area contributed by atoms with Crippen molar-refractivity contribution in [3.63, 3.8) is 0 Å². The van der Waals surface area contributed by atoms with Crippen LogP contribution in [0.4, 0.5) is 19.2 Å². The highest BCUT2D eigenvalue weighted by Gasteiger charge is 2.42. The van der Waals surface area contributed by atoms with Crippen molar-refractivity contribution in [2.24, 2.45) is 10.8 Å². The highest BCUT2D eigenvalue weighted by Crippen LogP contribution is 2.49. The average Bonchev–Trinajstić information content (AvgIpc) is 3.39. The Morgan fingerprint density at radius 1 is 0.520 bits per heavy atom. The van der Waals surface area contributed by atoms with E-state index >= 15 is 0 Å². The van der Waals surface area contributed by atoms with Crippen molar-refractivity contribution in [3.05, 3.63) is 165 Å². The fourth-order valence-corrected chi connectivity index (χ4v) is 10.7. The minimum absolute atomic E-state index is 0.00209. The number of ether oxygens (including phenoxy) is 5. The second-order valence-electron chi connectivity index (χ2n) is 19.7. The first kappa shape index (κ1) is 51.0. The van der Waals surface area contributed by atoms with Crippen molar-refractivity contribution in [2.75, 3.05) is 26.2 Å². The highest BCUT2D eigenvalue weighted by atomic mass is 16.6. The van der Waals surface area contributed by atoms with Gasteiger partial charge in [-0.15, -0.1) is 0 Å². The molecule has 1 radical (unpaired) electrons. The van der Waals surface area contributed by atoms with E-state index in [1.807, 2.05) is 121 Å². The molecule has 75 heavy (non-hydrogen) atoms. The van der Waals surface area contributed by atoms with Gasteiger partial charge in [0, 0.05) is 47.5 Å². The van der Waals surface area contributed by atoms with Gasteiger partial charge in [-0.05, 0) is 104 Å². The summed E-state index contributed by atoms with van der Waals surface area (Å²) in [5.74, 6) is 0.386. The van der Waals surface area contributed by atoms with Crippen LogP contribution < -0.4 is 40.2 Å². The number of carbonyl (C=O) groups excluding carboxylic acids is 5. The van der Waals surface area contributed by atoms with Gasteiger partial charge >= 0.3 is 30.3 Å². The number of rotatable bonds is 14. The van der Waals surface area contributed by atoms with E-state index in [2.05, 4.69) is 55.5 Å². The first-order valence-electron chi connectivity index (χ1n) is 24.7. The van der Waals surface area contributed by atoms with Crippen molar-refractivity contribution in [1.29, 1.82) is 0 Å². The number of esters is 1. The maximum absolute atomic E-state index is 14.2. The van der Waals surface area contributed by atoms with Gasteiger partial charge in [-0.2, -0.15) is 0 Å². The van der Waals surface area contributed by atoms with E-state index in [0.29, 0.717) is 35.1 Å². The van der Waals surface area contributed by atoms with Crippen molar-refractivity contribution in [3.8, 4) is 45.3 Å². The lowest BCUT2D eigenvalue weighted by Gasteiger charge is -2.46. The van der Waals surface area contributed by atoms with E-state index < -0.39 is 35.8 Å². The van der Waals surface area contributed by atoms with Gasteiger partial charge in [-0.1, -0.05) is 149 Å². The molecule has 0 bridgehead atoms. The molecule has 8 aromatic carbocycles. The van der Waals surface area contributed by atoms with E-state index in [1.165, 1.54) is 0 Å². The van der Waals surface area contributed by atoms with Crippen LogP contribution >= 0.6 is 0 Å². The number of fused-ring (bicyclic) bond motifs is 4. The largest absolute Gasteiger partial charge is 0.461 e. The molecule has 9 rings (SSSR count). The molecule has 0 aliphatic heterocycles. The number of benzene rings is 8. The molecule has 1 fully saturated rings. The normalized spacial score (nSPS) is 15.9. The molecular weight excluding hydrogens is 949 g/mol. The number of nitrogens with one attached hydrogen (secondary N) is 4. The van der Waals surface area contributed by atoms with Gasteiger partial charge in [-0.3, -0.25) is 0 Å². The number of amides is 4. The van der Waals surface area contributed by atoms with Gasteiger partial charge in [-0.25, -0.2) is 24.0 Å². The Hall–Kier alpha value is -8.91. The van der Waals surface area contributed by atoms with E-state index in [4.69, 9.17) is 23.7 Å². The lowest BCUT2D eigenvalue weighted by atomic mass is 9.62. The van der Waals surface area contributed by atoms with Crippen molar-refractivity contribution >= 4 is 73.4 Å². The van der Waals surface area contributed by atoms with Crippen LogP contribution in [0.15, 0.2) is 158 Å². The Morgan fingerprint density at radius 2 is 0.907 bits per heavy atom. The Labute approximate surface area is 434 Å². The Bertz CT molecular complexity index is 3520. The van der Waals surface area contributed by atoms with Gasteiger partial charge in [0.1, 0.15) is 29.6 Å². The van der Waals surface area contributed by atoms with E-state index in [1.54, 1.807) is 24.3 Å². The molecule has 0 aromatic heterocycles. The molecule has 1 aliphatic carbocycles. The third-order valence-corrected chi connectivity index (χ3v) is 13.4. The summed E-state index contributed by atoms with van der Waals surface area (Å²) in [5.41, 5.74) is 1.47. The Kier molecular flexibility index (Phi) is 15.0. The fraction of sp³-hybridized carbons (Fsp3) is 0.213. The number of hydrogen-bond acceptors (Lipinski definition) is 10. The molecule has 4 N–H and O–H groups in total. The molecule has 1 aliphatic rings. The maximum atomic E-state index is 14.2. The lowest BCUT2D eigenvalue weighted by Crippen LogP contribution is -2.51. The van der Waals surface area contributed by atoms with E-state index in [9.17, 15) is 24.0 Å². The van der Waals surface area contributed by atoms with Crippen LogP contribution in [0.2, 0.25) is 0 Å². The second-order valence-corrected chi connectivity index (χ2v) is 19.7. The molecule has 0 spiro atoms. The summed E-state index contributed by atoms with van der Waals surface area (Å²) in [4.78, 5) is 66.0. The van der Waals surface area contributed by atoms with Crippen LogP contribution in [0, 0.1) is 17.8 Å². The SMILES string of the molecule is [CH2]CNC(=O)Oc1ccc2ccccc2c1-c1c(OC(=O)NC2CC(C)(C)CC(C)(CNC(=O)Oc3ccc4ccccc4c3-c3c(OC(=O)NCCOC(=O)C=C)ccc4ccccc34)C2)ccc2ccccc12. The van der Waals surface area contributed by atoms with Crippen molar-refractivity contribution < 1.29 is 47.7 Å². The molecule has 0 heterocycles. The van der Waals surface area contributed by atoms with Crippen LogP contribution in [-0.4, -0.2) is 62.6 Å². The molecule has 4 amide bonds. The van der Waals surface area contributed by atoms with E-state index in [0.717, 1.165) is 55.6 Å². The zero-order valence-corrected chi connectivity index (χ0v) is 42.0. The Balaban J connectivity index is 0.950. The highest BCUT2D eigenvalue weighted by molar-refractivity contribution is 6.12. The minimum atomic E-state index is -0.775. The smallest absolute Gasteiger partial charge is 0.412 e. The molecule has 0 saturated heterocycles. The predicted octanol–water partition coefficient (Wildman–Crippen LogP) is 12.8. The summed E-state index contributed by atoms with van der Waals surface area (Å²) >= 11 is 0. The molecule has 381 valence electrons. The monoisotopic (exact) mass is 1010 g/mol. The van der Waals surface area contributed by atoms with Crippen LogP contribution in [-0.2, 0) is 9.53 Å². The third-order valence-electron chi connectivity index (χ3n) is 13.4. The quantitative estimate of drug-likeness (QED) is 0.0465. The molecule has 14 heteroatoms. The first-order chi connectivity index (χ1) is 36.2. The molecule has 2 unspecified atom stereocenters. The summed E-state index contributed by atoms with van der Waals surface area (Å²) in [6, 6.07) is 44.8. The zero-order chi connectivity index (χ0) is 52.7. The van der Waals surface area contributed by atoms with Gasteiger partial charge in [0.2, 0.25) is 0 Å². The number of carbonyl (C=O) groups is 5. The number of hydrogen-bond donors (Lipinski definition) is 4. The van der Waals surface area contributed by atoms with Crippen LogP contribution in [0.3, 0.4) is 0 Å². The molecule has 1 saturated carbocycles. The summed E-state index contributed by atoms with van der Waals surface area (Å²) in [6.07, 6.45) is 0.123. The van der Waals surface area contributed by atoms with Gasteiger partial charge in [0.25, 0.3) is 0 Å². The van der Waals surface area contributed by atoms with Gasteiger partial charge in [0.05, 0.1) is 6.54 Å². The molecule has 14 nitrogen and oxygen atoms in total. The second kappa shape index (κ2) is 22.1.